The first-order chi connectivity index (χ1) is 4.88. The van der Waals surface area contributed by atoms with Gasteiger partial charge in [-0.3, -0.25) is 0 Å². The predicted octanol–water partition coefficient (Wildman–Crippen LogP) is 1.54. The van der Waals surface area contributed by atoms with Crippen molar-refractivity contribution < 1.29 is 4.74 Å². The van der Waals surface area contributed by atoms with Crippen LogP contribution in [0.4, 0.5) is 5.69 Å². The molecule has 1 radical (unpaired) electrons. The van der Waals surface area contributed by atoms with Crippen molar-refractivity contribution in [3.8, 4) is 5.75 Å². The molecule has 0 heterocycles. The number of methoxy groups -OCH3 is 1. The van der Waals surface area contributed by atoms with E-state index in [4.69, 9.17) is 4.74 Å². The summed E-state index contributed by atoms with van der Waals surface area (Å²) in [6.45, 7) is 0. The van der Waals surface area contributed by atoms with Crippen LogP contribution >= 0.6 is 0 Å². The van der Waals surface area contributed by atoms with Gasteiger partial charge in [0.05, 0.1) is 12.8 Å². The molecule has 0 saturated heterocycles. The standard InChI is InChI=1S/C8H10NO/c1-9-7-5-3-4-6-8(7)10-2/h3,5-6,9H,1-2H3. The minimum absolute atomic E-state index is 0.824. The van der Waals surface area contributed by atoms with Gasteiger partial charge in [-0.2, -0.15) is 0 Å². The number of rotatable bonds is 2. The van der Waals surface area contributed by atoms with Crippen LogP contribution in [0.15, 0.2) is 18.2 Å². The van der Waals surface area contributed by atoms with Crippen molar-refractivity contribution in [2.75, 3.05) is 19.5 Å². The summed E-state index contributed by atoms with van der Waals surface area (Å²) in [5.74, 6) is 0.824. The lowest BCUT2D eigenvalue weighted by molar-refractivity contribution is 0.416. The number of anilines is 1. The zero-order valence-corrected chi connectivity index (χ0v) is 6.14. The molecule has 0 atom stereocenters. The van der Waals surface area contributed by atoms with Gasteiger partial charge >= 0.3 is 0 Å². The average Bonchev–Trinajstić information content (AvgIpc) is 2.04. The number of ether oxygens (including phenoxy) is 1. The zero-order valence-electron chi connectivity index (χ0n) is 6.14. The molecule has 1 aromatic carbocycles. The van der Waals surface area contributed by atoms with E-state index in [9.17, 15) is 0 Å². The lowest BCUT2D eigenvalue weighted by atomic mass is 10.3. The monoisotopic (exact) mass is 136 g/mol. The maximum Gasteiger partial charge on any atom is 0.142 e. The van der Waals surface area contributed by atoms with Gasteiger partial charge in [0.2, 0.25) is 0 Å². The Morgan fingerprint density at radius 3 is 2.90 bits per heavy atom. The Balaban J connectivity index is 2.96. The Kier molecular flexibility index (Phi) is 2.15. The fourth-order valence-electron chi connectivity index (χ4n) is 0.791. The van der Waals surface area contributed by atoms with Crippen molar-refractivity contribution in [3.63, 3.8) is 0 Å². The Bertz CT molecular complexity index is 187. The smallest absolute Gasteiger partial charge is 0.142 e. The van der Waals surface area contributed by atoms with Gasteiger partial charge in [0.15, 0.2) is 0 Å². The largest absolute Gasteiger partial charge is 0.495 e. The van der Waals surface area contributed by atoms with Gasteiger partial charge in [0, 0.05) is 7.05 Å². The fourth-order valence-corrected chi connectivity index (χ4v) is 0.791. The highest BCUT2D eigenvalue weighted by Gasteiger charge is 1.95. The lowest BCUT2D eigenvalue weighted by Crippen LogP contribution is -1.92. The topological polar surface area (TPSA) is 21.3 Å². The molecule has 0 amide bonds. The highest BCUT2D eigenvalue weighted by atomic mass is 16.5. The molecule has 53 valence electrons. The molecule has 1 rings (SSSR count). The molecule has 10 heavy (non-hydrogen) atoms. The highest BCUT2D eigenvalue weighted by molar-refractivity contribution is 5.55. The van der Waals surface area contributed by atoms with E-state index in [2.05, 4.69) is 11.4 Å². The van der Waals surface area contributed by atoms with Crippen molar-refractivity contribution in [2.45, 2.75) is 0 Å². The number of hydrogen-bond donors (Lipinski definition) is 1. The van der Waals surface area contributed by atoms with Gasteiger partial charge in [-0.05, 0) is 18.2 Å². The molecule has 0 bridgehead atoms. The van der Waals surface area contributed by atoms with E-state index >= 15 is 0 Å². The summed E-state index contributed by atoms with van der Waals surface area (Å²) in [5.41, 5.74) is 0.987. The van der Waals surface area contributed by atoms with Gasteiger partial charge in [-0.15, -0.1) is 0 Å². The molecule has 0 aliphatic heterocycles. The summed E-state index contributed by atoms with van der Waals surface area (Å²) >= 11 is 0. The van der Waals surface area contributed by atoms with E-state index in [-0.39, 0.29) is 0 Å². The fraction of sp³-hybridized carbons (Fsp3) is 0.250. The normalized spacial score (nSPS) is 9.00. The van der Waals surface area contributed by atoms with E-state index < -0.39 is 0 Å². The molecule has 0 aliphatic carbocycles. The van der Waals surface area contributed by atoms with Crippen molar-refractivity contribution in [3.05, 3.63) is 24.3 Å². The molecule has 1 aromatic rings. The minimum atomic E-state index is 0.824. The minimum Gasteiger partial charge on any atom is -0.495 e. The van der Waals surface area contributed by atoms with Crippen molar-refractivity contribution >= 4 is 5.69 Å². The summed E-state index contributed by atoms with van der Waals surface area (Å²) in [7, 11) is 3.50. The van der Waals surface area contributed by atoms with Gasteiger partial charge in [-0.25, -0.2) is 0 Å². The maximum atomic E-state index is 5.04. The number of benzene rings is 1. The van der Waals surface area contributed by atoms with Crippen LogP contribution in [0.2, 0.25) is 0 Å². The van der Waals surface area contributed by atoms with E-state index in [1.54, 1.807) is 13.2 Å². The first kappa shape index (κ1) is 6.93. The molecule has 0 saturated carbocycles. The Hall–Kier alpha value is -1.18. The van der Waals surface area contributed by atoms with E-state index in [1.807, 2.05) is 19.2 Å². The van der Waals surface area contributed by atoms with E-state index in [1.165, 1.54) is 0 Å². The summed E-state index contributed by atoms with van der Waals surface area (Å²) in [5, 5.41) is 3.00. The maximum absolute atomic E-state index is 5.04. The summed E-state index contributed by atoms with van der Waals surface area (Å²) in [6.07, 6.45) is 0. The third kappa shape index (κ3) is 1.21. The van der Waals surface area contributed by atoms with Crippen molar-refractivity contribution in [2.24, 2.45) is 0 Å². The summed E-state index contributed by atoms with van der Waals surface area (Å²) in [6, 6.07) is 8.48. The molecule has 2 heteroatoms. The van der Waals surface area contributed by atoms with Crippen LogP contribution in [0.3, 0.4) is 0 Å². The van der Waals surface area contributed by atoms with Crippen LogP contribution in [-0.2, 0) is 0 Å². The van der Waals surface area contributed by atoms with Gasteiger partial charge in [-0.1, -0.05) is 6.07 Å². The van der Waals surface area contributed by atoms with Crippen LogP contribution in [0, 0.1) is 6.07 Å². The van der Waals surface area contributed by atoms with Crippen molar-refractivity contribution in [1.29, 1.82) is 0 Å². The average molecular weight is 136 g/mol. The molecule has 0 aliphatic rings. The van der Waals surface area contributed by atoms with Gasteiger partial charge < -0.3 is 10.1 Å². The summed E-state index contributed by atoms with van der Waals surface area (Å²) < 4.78 is 5.04. The molecule has 2 nitrogen and oxygen atoms in total. The SMILES string of the molecule is CNc1cc[c]cc1OC. The highest BCUT2D eigenvalue weighted by Crippen LogP contribution is 2.21. The molecule has 0 spiro atoms. The molecule has 0 aromatic heterocycles. The second kappa shape index (κ2) is 3.11. The predicted molar refractivity (Wildman–Crippen MR) is 41.4 cm³/mol. The quantitative estimate of drug-likeness (QED) is 0.665. The van der Waals surface area contributed by atoms with Crippen LogP contribution in [0.25, 0.3) is 0 Å². The molecule has 0 unspecified atom stereocenters. The second-order valence-electron chi connectivity index (χ2n) is 1.88. The van der Waals surface area contributed by atoms with Crippen LogP contribution in [0.5, 0.6) is 5.75 Å². The Morgan fingerprint density at radius 2 is 2.40 bits per heavy atom. The number of hydrogen-bond acceptors (Lipinski definition) is 2. The third-order valence-corrected chi connectivity index (χ3v) is 1.32. The number of nitrogens with one attached hydrogen (secondary N) is 1. The van der Waals surface area contributed by atoms with Crippen LogP contribution < -0.4 is 10.1 Å². The van der Waals surface area contributed by atoms with Crippen LogP contribution in [0.1, 0.15) is 0 Å². The zero-order chi connectivity index (χ0) is 7.40. The molecular weight excluding hydrogens is 126 g/mol. The van der Waals surface area contributed by atoms with Crippen LogP contribution in [-0.4, -0.2) is 14.2 Å². The molecule has 0 fully saturated rings. The molecule has 1 N–H and O–H groups in total. The van der Waals surface area contributed by atoms with E-state index in [0.29, 0.717) is 0 Å². The first-order valence-corrected chi connectivity index (χ1v) is 3.10. The lowest BCUT2D eigenvalue weighted by Gasteiger charge is -2.05. The van der Waals surface area contributed by atoms with Gasteiger partial charge in [0.1, 0.15) is 5.75 Å². The summed E-state index contributed by atoms with van der Waals surface area (Å²) in [4.78, 5) is 0. The van der Waals surface area contributed by atoms with Crippen molar-refractivity contribution in [1.82, 2.24) is 0 Å². The van der Waals surface area contributed by atoms with E-state index in [0.717, 1.165) is 11.4 Å². The Labute approximate surface area is 60.8 Å². The first-order valence-electron chi connectivity index (χ1n) is 3.10. The van der Waals surface area contributed by atoms with Gasteiger partial charge in [0.25, 0.3) is 0 Å². The second-order valence-corrected chi connectivity index (χ2v) is 1.88. The third-order valence-electron chi connectivity index (χ3n) is 1.32. The molecular formula is C8H10NO. The Morgan fingerprint density at radius 1 is 1.60 bits per heavy atom.